The molecule has 0 saturated heterocycles. The van der Waals surface area contributed by atoms with Crippen molar-refractivity contribution in [3.63, 3.8) is 0 Å². The molecule has 0 aliphatic carbocycles. The molecule has 0 aromatic heterocycles. The normalized spacial score (nSPS) is 10.4. The molecule has 0 radical (unpaired) electrons. The van der Waals surface area contributed by atoms with E-state index in [1.54, 1.807) is 6.08 Å². The average molecular weight is 217 g/mol. The van der Waals surface area contributed by atoms with E-state index in [2.05, 4.69) is 25.7 Å². The fourth-order valence-electron chi connectivity index (χ4n) is 1.44. The Labute approximate surface area is 97.4 Å². The standard InChI is InChI=1S/C14H19NO/c1-4-9-15-10-14(16)13-7-5-12(6-8-13)11(2)3/h4-8,11,15H,1,9-10H2,2-3H3. The van der Waals surface area contributed by atoms with E-state index in [1.165, 1.54) is 5.56 Å². The summed E-state index contributed by atoms with van der Waals surface area (Å²) in [4.78, 5) is 11.7. The van der Waals surface area contributed by atoms with Gasteiger partial charge < -0.3 is 5.32 Å². The van der Waals surface area contributed by atoms with Crippen molar-refractivity contribution in [1.29, 1.82) is 0 Å². The third kappa shape index (κ3) is 3.63. The third-order valence-corrected chi connectivity index (χ3v) is 2.47. The van der Waals surface area contributed by atoms with E-state index in [0.717, 1.165) is 5.56 Å². The molecule has 0 unspecified atom stereocenters. The van der Waals surface area contributed by atoms with Gasteiger partial charge in [-0.25, -0.2) is 0 Å². The number of nitrogens with one attached hydrogen (secondary N) is 1. The molecule has 1 aromatic rings. The van der Waals surface area contributed by atoms with E-state index in [4.69, 9.17) is 0 Å². The lowest BCUT2D eigenvalue weighted by Crippen LogP contribution is -2.22. The number of carbonyl (C=O) groups excluding carboxylic acids is 1. The van der Waals surface area contributed by atoms with Gasteiger partial charge in [0.15, 0.2) is 5.78 Å². The Hall–Kier alpha value is -1.41. The van der Waals surface area contributed by atoms with Gasteiger partial charge in [0.25, 0.3) is 0 Å². The summed E-state index contributed by atoms with van der Waals surface area (Å²) in [5, 5.41) is 3.00. The van der Waals surface area contributed by atoms with E-state index in [-0.39, 0.29) is 5.78 Å². The van der Waals surface area contributed by atoms with Crippen molar-refractivity contribution in [3.8, 4) is 0 Å². The Balaban J connectivity index is 2.59. The minimum absolute atomic E-state index is 0.122. The second-order valence-electron chi connectivity index (χ2n) is 4.12. The monoisotopic (exact) mass is 217 g/mol. The zero-order valence-electron chi connectivity index (χ0n) is 9.99. The van der Waals surface area contributed by atoms with Crippen LogP contribution in [0, 0.1) is 0 Å². The van der Waals surface area contributed by atoms with Crippen LogP contribution in [0.2, 0.25) is 0 Å². The fraction of sp³-hybridized carbons (Fsp3) is 0.357. The molecule has 1 rings (SSSR count). The number of carbonyl (C=O) groups is 1. The van der Waals surface area contributed by atoms with Crippen LogP contribution in [0.5, 0.6) is 0 Å². The second kappa shape index (κ2) is 6.23. The first-order chi connectivity index (χ1) is 7.65. The first-order valence-corrected chi connectivity index (χ1v) is 5.60. The van der Waals surface area contributed by atoms with Gasteiger partial charge in [0, 0.05) is 12.1 Å². The van der Waals surface area contributed by atoms with Crippen LogP contribution in [0.4, 0.5) is 0 Å². The first kappa shape index (κ1) is 12.7. The number of Topliss-reactive ketones (excluding diaryl/α,β-unsaturated/α-hetero) is 1. The van der Waals surface area contributed by atoms with E-state index in [0.29, 0.717) is 19.0 Å². The summed E-state index contributed by atoms with van der Waals surface area (Å²) in [7, 11) is 0. The van der Waals surface area contributed by atoms with Gasteiger partial charge in [0.05, 0.1) is 6.54 Å². The van der Waals surface area contributed by atoms with Crippen LogP contribution in [-0.2, 0) is 0 Å². The van der Waals surface area contributed by atoms with Crippen LogP contribution < -0.4 is 5.32 Å². The highest BCUT2D eigenvalue weighted by molar-refractivity contribution is 5.97. The Morgan fingerprint density at radius 1 is 1.38 bits per heavy atom. The topological polar surface area (TPSA) is 29.1 Å². The van der Waals surface area contributed by atoms with Gasteiger partial charge in [-0.1, -0.05) is 44.2 Å². The van der Waals surface area contributed by atoms with Gasteiger partial charge in [-0.3, -0.25) is 4.79 Å². The molecule has 0 fully saturated rings. The molecule has 0 heterocycles. The molecule has 0 atom stereocenters. The Morgan fingerprint density at radius 2 is 2.00 bits per heavy atom. The highest BCUT2D eigenvalue weighted by Gasteiger charge is 2.05. The summed E-state index contributed by atoms with van der Waals surface area (Å²) < 4.78 is 0. The number of ketones is 1. The van der Waals surface area contributed by atoms with Crippen LogP contribution in [0.15, 0.2) is 36.9 Å². The summed E-state index contributed by atoms with van der Waals surface area (Å²) in [5.74, 6) is 0.625. The van der Waals surface area contributed by atoms with Gasteiger partial charge in [-0.05, 0) is 11.5 Å². The molecule has 16 heavy (non-hydrogen) atoms. The molecular formula is C14H19NO. The van der Waals surface area contributed by atoms with Crippen molar-refractivity contribution in [3.05, 3.63) is 48.0 Å². The fourth-order valence-corrected chi connectivity index (χ4v) is 1.44. The number of hydrogen-bond donors (Lipinski definition) is 1. The first-order valence-electron chi connectivity index (χ1n) is 5.60. The maximum Gasteiger partial charge on any atom is 0.176 e. The third-order valence-electron chi connectivity index (χ3n) is 2.47. The number of benzene rings is 1. The highest BCUT2D eigenvalue weighted by atomic mass is 16.1. The molecule has 2 heteroatoms. The average Bonchev–Trinajstić information content (AvgIpc) is 2.29. The molecule has 2 nitrogen and oxygen atoms in total. The van der Waals surface area contributed by atoms with Crippen LogP contribution in [-0.4, -0.2) is 18.9 Å². The maximum atomic E-state index is 11.7. The minimum atomic E-state index is 0.122. The molecule has 1 aromatic carbocycles. The minimum Gasteiger partial charge on any atom is -0.306 e. The molecule has 0 bridgehead atoms. The summed E-state index contributed by atoms with van der Waals surface area (Å²) in [6.07, 6.45) is 1.75. The smallest absolute Gasteiger partial charge is 0.176 e. The van der Waals surface area contributed by atoms with Crippen molar-refractivity contribution in [2.24, 2.45) is 0 Å². The van der Waals surface area contributed by atoms with Crippen LogP contribution in [0.3, 0.4) is 0 Å². The van der Waals surface area contributed by atoms with Crippen LogP contribution in [0.1, 0.15) is 35.7 Å². The zero-order chi connectivity index (χ0) is 12.0. The largest absolute Gasteiger partial charge is 0.306 e. The SMILES string of the molecule is C=CCNCC(=O)c1ccc(C(C)C)cc1. The van der Waals surface area contributed by atoms with Gasteiger partial charge in [0.2, 0.25) is 0 Å². The van der Waals surface area contributed by atoms with Gasteiger partial charge >= 0.3 is 0 Å². The van der Waals surface area contributed by atoms with Crippen molar-refractivity contribution in [2.45, 2.75) is 19.8 Å². The number of rotatable bonds is 6. The Kier molecular flexibility index (Phi) is 4.93. The van der Waals surface area contributed by atoms with Crippen LogP contribution in [0.25, 0.3) is 0 Å². The molecule has 0 aliphatic heterocycles. The molecule has 86 valence electrons. The van der Waals surface area contributed by atoms with E-state index in [9.17, 15) is 4.79 Å². The predicted octanol–water partition coefficient (Wildman–Crippen LogP) is 2.77. The number of hydrogen-bond acceptors (Lipinski definition) is 2. The molecule has 0 amide bonds. The van der Waals surface area contributed by atoms with E-state index >= 15 is 0 Å². The van der Waals surface area contributed by atoms with Crippen molar-refractivity contribution in [1.82, 2.24) is 5.32 Å². The molecular weight excluding hydrogens is 198 g/mol. The highest BCUT2D eigenvalue weighted by Crippen LogP contribution is 2.14. The van der Waals surface area contributed by atoms with Crippen molar-refractivity contribution >= 4 is 5.78 Å². The zero-order valence-corrected chi connectivity index (χ0v) is 9.99. The predicted molar refractivity (Wildman–Crippen MR) is 67.9 cm³/mol. The molecule has 0 spiro atoms. The summed E-state index contributed by atoms with van der Waals surface area (Å²) in [6.45, 7) is 8.90. The van der Waals surface area contributed by atoms with Gasteiger partial charge in [-0.2, -0.15) is 0 Å². The van der Waals surface area contributed by atoms with Crippen molar-refractivity contribution < 1.29 is 4.79 Å². The summed E-state index contributed by atoms with van der Waals surface area (Å²) in [6, 6.07) is 7.83. The Morgan fingerprint density at radius 3 is 2.50 bits per heavy atom. The van der Waals surface area contributed by atoms with E-state index < -0.39 is 0 Å². The summed E-state index contributed by atoms with van der Waals surface area (Å²) in [5.41, 5.74) is 2.02. The van der Waals surface area contributed by atoms with Gasteiger partial charge in [0.1, 0.15) is 0 Å². The maximum absolute atomic E-state index is 11.7. The van der Waals surface area contributed by atoms with Crippen molar-refractivity contribution in [2.75, 3.05) is 13.1 Å². The second-order valence-corrected chi connectivity index (χ2v) is 4.12. The lowest BCUT2D eigenvalue weighted by molar-refractivity contribution is 0.0992. The molecule has 0 saturated carbocycles. The molecule has 1 N–H and O–H groups in total. The Bertz CT molecular complexity index is 352. The van der Waals surface area contributed by atoms with E-state index in [1.807, 2.05) is 24.3 Å². The van der Waals surface area contributed by atoms with Crippen LogP contribution >= 0.6 is 0 Å². The lowest BCUT2D eigenvalue weighted by Gasteiger charge is -2.06. The van der Waals surface area contributed by atoms with Gasteiger partial charge in [-0.15, -0.1) is 6.58 Å². The lowest BCUT2D eigenvalue weighted by atomic mass is 10.0. The quantitative estimate of drug-likeness (QED) is 0.451. The summed E-state index contributed by atoms with van der Waals surface area (Å²) >= 11 is 0. The molecule has 0 aliphatic rings.